The number of para-hydroxylation sites is 2. The Morgan fingerprint density at radius 1 is 1.17 bits per heavy atom. The highest BCUT2D eigenvalue weighted by atomic mass is 19.3. The Balaban J connectivity index is 1.85. The normalized spacial score (nSPS) is 16.9. The van der Waals surface area contributed by atoms with Crippen molar-refractivity contribution in [1.29, 1.82) is 0 Å². The van der Waals surface area contributed by atoms with E-state index in [1.165, 1.54) is 12.1 Å². The number of carbonyl (C=O) groups is 2. The lowest BCUT2D eigenvalue weighted by atomic mass is 10.0. The van der Waals surface area contributed by atoms with Crippen LogP contribution in [0.5, 0.6) is 5.75 Å². The monoisotopic (exact) mass is 413 g/mol. The maximum atomic E-state index is 12.6. The van der Waals surface area contributed by atoms with Gasteiger partial charge >= 0.3 is 12.7 Å². The summed E-state index contributed by atoms with van der Waals surface area (Å²) >= 11 is 0. The third-order valence-corrected chi connectivity index (χ3v) is 4.54. The summed E-state index contributed by atoms with van der Waals surface area (Å²) < 4.78 is 34.8. The standard InChI is InChI=1S/C20H29F2N3O4/c1-13(17(26)24-15-7-5-6-8-16(15)28-18(21)22)25-11-9-14(10-12-25)23-19(27)29-20(2,3)4/h5-8,13-14,18H,9-12H2,1-4H3,(H,23,27)(H,24,26). The van der Waals surface area contributed by atoms with Gasteiger partial charge in [-0.15, -0.1) is 0 Å². The van der Waals surface area contributed by atoms with Crippen LogP contribution in [-0.2, 0) is 9.53 Å². The zero-order chi connectivity index (χ0) is 21.6. The van der Waals surface area contributed by atoms with E-state index in [1.807, 2.05) is 4.90 Å². The Hall–Kier alpha value is -2.42. The molecule has 2 amide bonds. The van der Waals surface area contributed by atoms with Crippen molar-refractivity contribution in [3.8, 4) is 5.75 Å². The van der Waals surface area contributed by atoms with Crippen LogP contribution in [0.15, 0.2) is 24.3 Å². The predicted octanol–water partition coefficient (Wildman–Crippen LogP) is 3.60. The summed E-state index contributed by atoms with van der Waals surface area (Å²) in [6.45, 7) is 5.43. The summed E-state index contributed by atoms with van der Waals surface area (Å²) in [4.78, 5) is 26.5. The minimum atomic E-state index is -2.97. The number of alkyl halides is 2. The van der Waals surface area contributed by atoms with Crippen LogP contribution in [0.25, 0.3) is 0 Å². The molecular formula is C20H29F2N3O4. The highest BCUT2D eigenvalue weighted by Crippen LogP contribution is 2.26. The average molecular weight is 413 g/mol. The number of likely N-dealkylation sites (tertiary alicyclic amines) is 1. The summed E-state index contributed by atoms with van der Waals surface area (Å²) in [6.07, 6.45) is 0.918. The molecule has 29 heavy (non-hydrogen) atoms. The molecule has 1 fully saturated rings. The van der Waals surface area contributed by atoms with E-state index in [-0.39, 0.29) is 23.4 Å². The highest BCUT2D eigenvalue weighted by Gasteiger charge is 2.28. The van der Waals surface area contributed by atoms with E-state index in [0.717, 1.165) is 0 Å². The topological polar surface area (TPSA) is 79.9 Å². The Bertz CT molecular complexity index is 701. The quantitative estimate of drug-likeness (QED) is 0.745. The molecule has 0 radical (unpaired) electrons. The molecule has 0 aliphatic carbocycles. The minimum Gasteiger partial charge on any atom is -0.444 e. The number of hydrogen-bond donors (Lipinski definition) is 2. The van der Waals surface area contributed by atoms with E-state index < -0.39 is 24.3 Å². The second kappa shape index (κ2) is 9.87. The van der Waals surface area contributed by atoms with Crippen molar-refractivity contribution in [2.75, 3.05) is 18.4 Å². The second-order valence-corrected chi connectivity index (χ2v) is 8.00. The summed E-state index contributed by atoms with van der Waals surface area (Å²) in [7, 11) is 0. The number of nitrogens with zero attached hydrogens (tertiary/aromatic N) is 1. The minimum absolute atomic E-state index is 0.0171. The van der Waals surface area contributed by atoms with Gasteiger partial charge in [0.25, 0.3) is 0 Å². The predicted molar refractivity (Wildman–Crippen MR) is 105 cm³/mol. The first-order valence-corrected chi connectivity index (χ1v) is 9.63. The Kier molecular flexibility index (Phi) is 7.78. The fourth-order valence-electron chi connectivity index (χ4n) is 3.08. The SMILES string of the molecule is CC(C(=O)Nc1ccccc1OC(F)F)N1CCC(NC(=O)OC(C)(C)C)CC1. The van der Waals surface area contributed by atoms with Crippen LogP contribution >= 0.6 is 0 Å². The van der Waals surface area contributed by atoms with Gasteiger partial charge in [0.1, 0.15) is 11.4 Å². The van der Waals surface area contributed by atoms with Gasteiger partial charge in [0, 0.05) is 19.1 Å². The molecule has 0 spiro atoms. The summed E-state index contributed by atoms with van der Waals surface area (Å²) in [5.41, 5.74) is -0.354. The van der Waals surface area contributed by atoms with E-state index in [9.17, 15) is 18.4 Å². The number of carbonyl (C=O) groups excluding carboxylic acids is 2. The molecule has 9 heteroatoms. The molecule has 1 aliphatic rings. The van der Waals surface area contributed by atoms with Gasteiger partial charge in [0.05, 0.1) is 11.7 Å². The molecule has 0 bridgehead atoms. The number of nitrogens with one attached hydrogen (secondary N) is 2. The van der Waals surface area contributed by atoms with E-state index in [4.69, 9.17) is 4.74 Å². The van der Waals surface area contributed by atoms with Crippen LogP contribution in [0.2, 0.25) is 0 Å². The lowest BCUT2D eigenvalue weighted by Crippen LogP contribution is -2.51. The molecule has 0 aromatic heterocycles. The van der Waals surface area contributed by atoms with Crippen LogP contribution in [-0.4, -0.2) is 54.3 Å². The Labute approximate surface area is 169 Å². The van der Waals surface area contributed by atoms with E-state index in [0.29, 0.717) is 25.9 Å². The van der Waals surface area contributed by atoms with Crippen molar-refractivity contribution in [3.63, 3.8) is 0 Å². The second-order valence-electron chi connectivity index (χ2n) is 8.00. The van der Waals surface area contributed by atoms with Crippen LogP contribution in [0.4, 0.5) is 19.3 Å². The first-order chi connectivity index (χ1) is 13.5. The number of piperidine rings is 1. The lowest BCUT2D eigenvalue weighted by molar-refractivity contribution is -0.121. The fraction of sp³-hybridized carbons (Fsp3) is 0.600. The van der Waals surface area contributed by atoms with Gasteiger partial charge in [0.15, 0.2) is 0 Å². The number of ether oxygens (including phenoxy) is 2. The molecule has 1 saturated heterocycles. The van der Waals surface area contributed by atoms with Crippen molar-refractivity contribution in [2.24, 2.45) is 0 Å². The van der Waals surface area contributed by atoms with Crippen molar-refractivity contribution in [1.82, 2.24) is 10.2 Å². The molecule has 1 aromatic carbocycles. The molecule has 162 valence electrons. The molecule has 2 N–H and O–H groups in total. The van der Waals surface area contributed by atoms with Gasteiger partial charge < -0.3 is 20.1 Å². The molecule has 7 nitrogen and oxygen atoms in total. The van der Waals surface area contributed by atoms with Gasteiger partial charge in [-0.3, -0.25) is 9.69 Å². The van der Waals surface area contributed by atoms with Gasteiger partial charge in [-0.1, -0.05) is 12.1 Å². The summed E-state index contributed by atoms with van der Waals surface area (Å²) in [5.74, 6) is -0.391. The van der Waals surface area contributed by atoms with Crippen LogP contribution < -0.4 is 15.4 Å². The van der Waals surface area contributed by atoms with Crippen molar-refractivity contribution in [2.45, 2.75) is 64.8 Å². The Morgan fingerprint density at radius 2 is 1.79 bits per heavy atom. The third-order valence-electron chi connectivity index (χ3n) is 4.54. The fourth-order valence-corrected chi connectivity index (χ4v) is 3.08. The first-order valence-electron chi connectivity index (χ1n) is 9.63. The number of rotatable bonds is 6. The molecule has 1 atom stereocenters. The van der Waals surface area contributed by atoms with Crippen LogP contribution in [0.3, 0.4) is 0 Å². The zero-order valence-electron chi connectivity index (χ0n) is 17.2. The molecule has 1 aromatic rings. The smallest absolute Gasteiger partial charge is 0.407 e. The first kappa shape index (κ1) is 22.9. The van der Waals surface area contributed by atoms with Crippen molar-refractivity contribution < 1.29 is 27.8 Å². The molecule has 1 unspecified atom stereocenters. The lowest BCUT2D eigenvalue weighted by Gasteiger charge is -2.35. The summed E-state index contributed by atoms with van der Waals surface area (Å²) in [6, 6.07) is 5.60. The van der Waals surface area contributed by atoms with Crippen LogP contribution in [0.1, 0.15) is 40.5 Å². The molecule has 1 heterocycles. The van der Waals surface area contributed by atoms with Gasteiger partial charge in [0.2, 0.25) is 5.91 Å². The zero-order valence-corrected chi connectivity index (χ0v) is 17.2. The number of halogens is 2. The van der Waals surface area contributed by atoms with Crippen LogP contribution in [0, 0.1) is 0 Å². The van der Waals surface area contributed by atoms with E-state index in [1.54, 1.807) is 39.8 Å². The molecule has 2 rings (SSSR count). The maximum Gasteiger partial charge on any atom is 0.407 e. The number of alkyl carbamates (subject to hydrolysis) is 1. The molecule has 1 aliphatic heterocycles. The van der Waals surface area contributed by atoms with Crippen molar-refractivity contribution >= 4 is 17.7 Å². The van der Waals surface area contributed by atoms with Gasteiger partial charge in [-0.2, -0.15) is 8.78 Å². The van der Waals surface area contributed by atoms with E-state index >= 15 is 0 Å². The average Bonchev–Trinajstić information content (AvgIpc) is 2.61. The Morgan fingerprint density at radius 3 is 2.38 bits per heavy atom. The third kappa shape index (κ3) is 7.49. The number of anilines is 1. The highest BCUT2D eigenvalue weighted by molar-refractivity contribution is 5.95. The number of benzene rings is 1. The molecular weight excluding hydrogens is 384 g/mol. The number of amides is 2. The summed E-state index contributed by atoms with van der Waals surface area (Å²) in [5, 5.41) is 5.51. The largest absolute Gasteiger partial charge is 0.444 e. The number of hydrogen-bond acceptors (Lipinski definition) is 5. The van der Waals surface area contributed by atoms with Gasteiger partial charge in [-0.25, -0.2) is 4.79 Å². The van der Waals surface area contributed by atoms with Crippen molar-refractivity contribution in [3.05, 3.63) is 24.3 Å². The van der Waals surface area contributed by atoms with Gasteiger partial charge in [-0.05, 0) is 52.7 Å². The molecule has 0 saturated carbocycles. The maximum absolute atomic E-state index is 12.6. The van der Waals surface area contributed by atoms with E-state index in [2.05, 4.69) is 15.4 Å².